The number of carbonyl (C=O) groups excluding carboxylic acids is 1. The molecule has 0 spiro atoms. The predicted octanol–water partition coefficient (Wildman–Crippen LogP) is 5.17. The van der Waals surface area contributed by atoms with Crippen LogP contribution in [0.5, 0.6) is 0 Å². The number of halogens is 3. The molecule has 0 saturated heterocycles. The van der Waals surface area contributed by atoms with E-state index in [-0.39, 0.29) is 11.4 Å². The Morgan fingerprint density at radius 3 is 2.54 bits per heavy atom. The molecule has 0 aliphatic heterocycles. The van der Waals surface area contributed by atoms with Crippen molar-refractivity contribution < 1.29 is 18.0 Å². The normalized spacial score (nSPS) is 11.7. The maximum atomic E-state index is 13.5. The van der Waals surface area contributed by atoms with Gasteiger partial charge in [-0.3, -0.25) is 9.36 Å². The highest BCUT2D eigenvalue weighted by Gasteiger charge is 2.38. The maximum Gasteiger partial charge on any atom is 0.450 e. The Morgan fingerprint density at radius 1 is 1.15 bits per heavy atom. The number of aromatic nitrogens is 2. The van der Waals surface area contributed by atoms with E-state index in [1.54, 1.807) is 42.5 Å². The van der Waals surface area contributed by atoms with Crippen LogP contribution in [0.25, 0.3) is 16.7 Å². The summed E-state index contributed by atoms with van der Waals surface area (Å²) in [6.07, 6.45) is -2.57. The van der Waals surface area contributed by atoms with Crippen molar-refractivity contribution in [3.05, 3.63) is 54.4 Å². The van der Waals surface area contributed by atoms with E-state index in [0.29, 0.717) is 23.3 Å². The molecule has 0 aliphatic carbocycles. The van der Waals surface area contributed by atoms with Crippen molar-refractivity contribution in [2.45, 2.75) is 32.4 Å². The maximum absolute atomic E-state index is 13.5. The van der Waals surface area contributed by atoms with Crippen LogP contribution >= 0.6 is 0 Å². The van der Waals surface area contributed by atoms with Crippen molar-refractivity contribution >= 4 is 22.6 Å². The summed E-state index contributed by atoms with van der Waals surface area (Å²) in [5.41, 5.74) is 1.32. The predicted molar refractivity (Wildman–Crippen MR) is 94.2 cm³/mol. The van der Waals surface area contributed by atoms with Crippen LogP contribution < -0.4 is 5.32 Å². The molecule has 1 amide bonds. The number of nitrogens with one attached hydrogen (secondary N) is 1. The lowest BCUT2D eigenvalue weighted by Gasteiger charge is -2.11. The molecule has 0 radical (unpaired) electrons. The van der Waals surface area contributed by atoms with Crippen LogP contribution in [0, 0.1) is 0 Å². The molecule has 3 rings (SSSR count). The topological polar surface area (TPSA) is 46.9 Å². The van der Waals surface area contributed by atoms with Gasteiger partial charge in [0.25, 0.3) is 0 Å². The first-order chi connectivity index (χ1) is 12.4. The van der Waals surface area contributed by atoms with Gasteiger partial charge in [-0.2, -0.15) is 13.2 Å². The van der Waals surface area contributed by atoms with Gasteiger partial charge in [0.05, 0.1) is 11.0 Å². The van der Waals surface area contributed by atoms with Crippen molar-refractivity contribution in [1.82, 2.24) is 9.55 Å². The molecular formula is C19H18F3N3O. The third-order valence-electron chi connectivity index (χ3n) is 3.96. The zero-order valence-electron chi connectivity index (χ0n) is 14.2. The fraction of sp³-hybridized carbons (Fsp3) is 0.263. The summed E-state index contributed by atoms with van der Waals surface area (Å²) in [6, 6.07) is 12.9. The van der Waals surface area contributed by atoms with Crippen molar-refractivity contribution in [3.8, 4) is 5.69 Å². The molecule has 1 heterocycles. The van der Waals surface area contributed by atoms with Gasteiger partial charge in [0.1, 0.15) is 0 Å². The average molecular weight is 361 g/mol. The van der Waals surface area contributed by atoms with Crippen LogP contribution in [0.4, 0.5) is 18.9 Å². The Balaban J connectivity index is 2.05. The zero-order valence-corrected chi connectivity index (χ0v) is 14.2. The minimum atomic E-state index is -4.60. The Labute approximate surface area is 148 Å². The van der Waals surface area contributed by atoms with E-state index in [2.05, 4.69) is 10.3 Å². The lowest BCUT2D eigenvalue weighted by Crippen LogP contribution is -2.13. The summed E-state index contributed by atoms with van der Waals surface area (Å²) in [5, 5.41) is 2.71. The van der Waals surface area contributed by atoms with E-state index in [1.807, 2.05) is 6.92 Å². The molecule has 136 valence electrons. The van der Waals surface area contributed by atoms with Gasteiger partial charge in [-0.15, -0.1) is 0 Å². The second kappa shape index (κ2) is 7.19. The van der Waals surface area contributed by atoms with Gasteiger partial charge in [0, 0.05) is 17.8 Å². The van der Waals surface area contributed by atoms with Crippen LogP contribution in [-0.4, -0.2) is 15.5 Å². The van der Waals surface area contributed by atoms with Gasteiger partial charge in [-0.25, -0.2) is 4.98 Å². The van der Waals surface area contributed by atoms with Gasteiger partial charge in [0.2, 0.25) is 11.7 Å². The Morgan fingerprint density at radius 2 is 1.88 bits per heavy atom. The molecule has 4 nitrogen and oxygen atoms in total. The highest BCUT2D eigenvalue weighted by molar-refractivity contribution is 5.93. The first kappa shape index (κ1) is 18.0. The number of hydrogen-bond acceptors (Lipinski definition) is 2. The number of nitrogens with zero attached hydrogens (tertiary/aromatic N) is 2. The summed E-state index contributed by atoms with van der Waals surface area (Å²) in [6.45, 7) is 1.98. The number of carbonyl (C=O) groups is 1. The minimum Gasteiger partial charge on any atom is -0.326 e. The van der Waals surface area contributed by atoms with Gasteiger partial charge < -0.3 is 5.32 Å². The molecule has 2 aromatic carbocycles. The number of alkyl halides is 3. The third-order valence-corrected chi connectivity index (χ3v) is 3.96. The fourth-order valence-corrected chi connectivity index (χ4v) is 2.75. The van der Waals surface area contributed by atoms with Crippen LogP contribution in [0.1, 0.15) is 32.0 Å². The van der Waals surface area contributed by atoms with Gasteiger partial charge in [-0.1, -0.05) is 31.5 Å². The molecule has 0 atom stereocenters. The number of benzene rings is 2. The molecule has 7 heteroatoms. The first-order valence-corrected chi connectivity index (χ1v) is 8.35. The van der Waals surface area contributed by atoms with Gasteiger partial charge >= 0.3 is 6.18 Å². The monoisotopic (exact) mass is 361 g/mol. The minimum absolute atomic E-state index is 0.162. The molecule has 0 bridgehead atoms. The summed E-state index contributed by atoms with van der Waals surface area (Å²) >= 11 is 0. The summed E-state index contributed by atoms with van der Waals surface area (Å²) < 4.78 is 41.5. The van der Waals surface area contributed by atoms with E-state index in [1.165, 1.54) is 6.07 Å². The van der Waals surface area contributed by atoms with Crippen molar-refractivity contribution in [1.29, 1.82) is 0 Å². The molecule has 0 fully saturated rings. The Hall–Kier alpha value is -2.83. The number of imidazole rings is 1. The summed E-state index contributed by atoms with van der Waals surface area (Å²) in [4.78, 5) is 15.6. The van der Waals surface area contributed by atoms with E-state index < -0.39 is 12.0 Å². The number of rotatable bonds is 5. The number of anilines is 1. The SMILES string of the molecule is CCCCC(=O)Nc1ccc2c(c1)nc(C(F)(F)F)n2-c1ccccc1. The molecule has 26 heavy (non-hydrogen) atoms. The second-order valence-electron chi connectivity index (χ2n) is 5.96. The number of para-hydroxylation sites is 1. The van der Waals surface area contributed by atoms with Crippen molar-refractivity contribution in [2.75, 3.05) is 5.32 Å². The van der Waals surface area contributed by atoms with E-state index in [0.717, 1.165) is 17.4 Å². The summed E-state index contributed by atoms with van der Waals surface area (Å²) in [7, 11) is 0. The smallest absolute Gasteiger partial charge is 0.326 e. The highest BCUT2D eigenvalue weighted by Crippen LogP contribution is 2.34. The van der Waals surface area contributed by atoms with E-state index >= 15 is 0 Å². The van der Waals surface area contributed by atoms with Crippen molar-refractivity contribution in [2.24, 2.45) is 0 Å². The van der Waals surface area contributed by atoms with Crippen molar-refractivity contribution in [3.63, 3.8) is 0 Å². The second-order valence-corrected chi connectivity index (χ2v) is 5.96. The van der Waals surface area contributed by atoms with Gasteiger partial charge in [-0.05, 0) is 36.8 Å². The fourth-order valence-electron chi connectivity index (χ4n) is 2.75. The molecule has 3 aromatic rings. The first-order valence-electron chi connectivity index (χ1n) is 8.35. The highest BCUT2D eigenvalue weighted by atomic mass is 19.4. The number of unbranched alkanes of at least 4 members (excludes halogenated alkanes) is 1. The average Bonchev–Trinajstić information content (AvgIpc) is 3.00. The molecule has 0 unspecified atom stereocenters. The number of fused-ring (bicyclic) bond motifs is 1. The molecule has 1 N–H and O–H groups in total. The molecular weight excluding hydrogens is 343 g/mol. The largest absolute Gasteiger partial charge is 0.450 e. The summed E-state index contributed by atoms with van der Waals surface area (Å²) in [5.74, 6) is -1.15. The Bertz CT molecular complexity index is 917. The Kier molecular flexibility index (Phi) is 4.97. The lowest BCUT2D eigenvalue weighted by molar-refractivity contribution is -0.145. The van der Waals surface area contributed by atoms with Crippen LogP contribution in [0.15, 0.2) is 48.5 Å². The molecule has 0 aliphatic rings. The van der Waals surface area contributed by atoms with Crippen LogP contribution in [-0.2, 0) is 11.0 Å². The van der Waals surface area contributed by atoms with Crippen LogP contribution in [0.2, 0.25) is 0 Å². The lowest BCUT2D eigenvalue weighted by atomic mass is 10.2. The van der Waals surface area contributed by atoms with Crippen LogP contribution in [0.3, 0.4) is 0 Å². The van der Waals surface area contributed by atoms with Gasteiger partial charge in [0.15, 0.2) is 0 Å². The molecule has 0 saturated carbocycles. The van der Waals surface area contributed by atoms with E-state index in [9.17, 15) is 18.0 Å². The number of amides is 1. The number of hydrogen-bond donors (Lipinski definition) is 1. The third kappa shape index (κ3) is 3.71. The zero-order chi connectivity index (χ0) is 18.7. The standard InChI is InChI=1S/C19H18F3N3O/c1-2-3-9-17(26)23-13-10-11-16-15(12-13)24-18(19(20,21)22)25(16)14-7-5-4-6-8-14/h4-8,10-12H,2-3,9H2,1H3,(H,23,26). The quantitative estimate of drug-likeness (QED) is 0.681. The van der Waals surface area contributed by atoms with E-state index in [4.69, 9.17) is 0 Å². The molecule has 1 aromatic heterocycles.